The molecular formula is C8H10NO5P-2. The molecule has 84 valence electrons. The Hall–Kier alpha value is -0.940. The molecule has 0 spiro atoms. The van der Waals surface area contributed by atoms with E-state index in [1.807, 2.05) is 0 Å². The molecule has 1 heterocycles. The lowest BCUT2D eigenvalue weighted by atomic mass is 10.1. The molecule has 1 aromatic heterocycles. The van der Waals surface area contributed by atoms with Gasteiger partial charge in [0, 0.05) is 17.9 Å². The molecule has 6 nitrogen and oxygen atoms in total. The lowest BCUT2D eigenvalue weighted by Gasteiger charge is -2.30. The molecule has 0 aromatic carbocycles. The number of aryl methyl sites for hydroxylation is 1. The molecule has 0 unspecified atom stereocenters. The number of nitrogens with zero attached hydrogens (tertiary/aromatic N) is 1. The largest absolute Gasteiger partial charge is 0.810 e. The minimum absolute atomic E-state index is 0.0360. The Labute approximate surface area is 86.4 Å². The van der Waals surface area contributed by atoms with Crippen LogP contribution in [0, 0.1) is 6.92 Å². The maximum Gasteiger partial charge on any atom is 0.142 e. The maximum atomic E-state index is 10.5. The van der Waals surface area contributed by atoms with Crippen molar-refractivity contribution in [2.75, 3.05) is 0 Å². The summed E-state index contributed by atoms with van der Waals surface area (Å²) < 4.78 is 10.5. The molecule has 1 rings (SSSR count). The number of hydrogen-bond acceptors (Lipinski definition) is 6. The number of aromatic nitrogens is 1. The smallest absolute Gasteiger partial charge is 0.142 e. The van der Waals surface area contributed by atoms with Gasteiger partial charge in [0.05, 0.1) is 12.3 Å². The summed E-state index contributed by atoms with van der Waals surface area (Å²) >= 11 is 0. The van der Waals surface area contributed by atoms with Crippen LogP contribution in [0.4, 0.5) is 0 Å². The average molecular weight is 231 g/mol. The van der Waals surface area contributed by atoms with Gasteiger partial charge in [-0.05, 0) is 12.5 Å². The van der Waals surface area contributed by atoms with Crippen molar-refractivity contribution in [3.05, 3.63) is 23.0 Å². The summed E-state index contributed by atoms with van der Waals surface area (Å²) in [4.78, 5) is 24.8. The van der Waals surface area contributed by atoms with Crippen molar-refractivity contribution >= 4 is 7.60 Å². The number of pyridine rings is 1. The van der Waals surface area contributed by atoms with E-state index >= 15 is 0 Å². The first-order valence-electron chi connectivity index (χ1n) is 4.13. The first-order chi connectivity index (χ1) is 6.85. The Morgan fingerprint density at radius 1 is 1.53 bits per heavy atom. The highest BCUT2D eigenvalue weighted by Crippen LogP contribution is 2.34. The van der Waals surface area contributed by atoms with E-state index in [1.54, 1.807) is 0 Å². The monoisotopic (exact) mass is 231 g/mol. The zero-order chi connectivity index (χ0) is 11.6. The van der Waals surface area contributed by atoms with Crippen LogP contribution in [0.25, 0.3) is 0 Å². The molecule has 0 saturated heterocycles. The number of hydrogen-bond donors (Lipinski definition) is 2. The Balaban J connectivity index is 3.19. The third kappa shape index (κ3) is 3.00. The summed E-state index contributed by atoms with van der Waals surface area (Å²) in [7, 11) is -4.72. The highest BCUT2D eigenvalue weighted by atomic mass is 31.2. The standard InChI is InChI=1S/C8H12NO5P/c1-5-8(11)7(3-10)6(2-9-5)4-15(12,13)14/h2,10-11H,3-4H2,1H3,(H2,12,13,14)/p-2. The van der Waals surface area contributed by atoms with E-state index in [4.69, 9.17) is 5.11 Å². The molecular weight excluding hydrogens is 221 g/mol. The third-order valence-electron chi connectivity index (χ3n) is 1.95. The third-order valence-corrected chi connectivity index (χ3v) is 2.68. The molecule has 2 N–H and O–H groups in total. The van der Waals surface area contributed by atoms with E-state index in [0.29, 0.717) is 0 Å². The summed E-state index contributed by atoms with van der Waals surface area (Å²) in [5, 5.41) is 18.4. The molecule has 0 aliphatic heterocycles. The fourth-order valence-electron chi connectivity index (χ4n) is 1.21. The van der Waals surface area contributed by atoms with Crippen molar-refractivity contribution in [2.45, 2.75) is 19.7 Å². The normalized spacial score (nSPS) is 11.7. The number of rotatable bonds is 3. The van der Waals surface area contributed by atoms with Gasteiger partial charge < -0.3 is 24.6 Å². The second-order valence-corrected chi connectivity index (χ2v) is 4.66. The summed E-state index contributed by atoms with van der Waals surface area (Å²) in [5.41, 5.74) is 0.345. The molecule has 0 amide bonds. The fourth-order valence-corrected chi connectivity index (χ4v) is 1.90. The number of aromatic hydroxyl groups is 1. The van der Waals surface area contributed by atoms with Crippen LogP contribution < -0.4 is 9.79 Å². The van der Waals surface area contributed by atoms with Crippen molar-refractivity contribution in [1.29, 1.82) is 0 Å². The van der Waals surface area contributed by atoms with Gasteiger partial charge in [-0.15, -0.1) is 0 Å². The molecule has 1 aromatic rings. The second-order valence-electron chi connectivity index (χ2n) is 3.12. The first kappa shape index (κ1) is 12.1. The first-order valence-corrected chi connectivity index (χ1v) is 5.86. The van der Waals surface area contributed by atoms with Crippen molar-refractivity contribution in [3.63, 3.8) is 0 Å². The van der Waals surface area contributed by atoms with Crippen molar-refractivity contribution in [1.82, 2.24) is 4.98 Å². The van der Waals surface area contributed by atoms with Crippen molar-refractivity contribution in [3.8, 4) is 5.75 Å². The molecule has 15 heavy (non-hydrogen) atoms. The Morgan fingerprint density at radius 3 is 2.60 bits per heavy atom. The molecule has 0 radical (unpaired) electrons. The van der Waals surface area contributed by atoms with Gasteiger partial charge in [0.15, 0.2) is 0 Å². The second kappa shape index (κ2) is 4.28. The van der Waals surface area contributed by atoms with Crippen LogP contribution in [-0.2, 0) is 17.3 Å². The molecule has 0 aliphatic rings. The van der Waals surface area contributed by atoms with Crippen molar-refractivity contribution in [2.24, 2.45) is 0 Å². The minimum atomic E-state index is -4.72. The van der Waals surface area contributed by atoms with E-state index in [0.717, 1.165) is 0 Å². The molecule has 0 fully saturated rings. The summed E-state index contributed by atoms with van der Waals surface area (Å²) in [6.07, 6.45) is 0.410. The highest BCUT2D eigenvalue weighted by Gasteiger charge is 2.11. The van der Waals surface area contributed by atoms with E-state index in [1.165, 1.54) is 13.1 Å². The van der Waals surface area contributed by atoms with Gasteiger partial charge in [-0.25, -0.2) is 0 Å². The topological polar surface area (TPSA) is 117 Å². The Kier molecular flexibility index (Phi) is 3.46. The van der Waals surface area contributed by atoms with Crippen LogP contribution in [0.1, 0.15) is 16.8 Å². The zero-order valence-corrected chi connectivity index (χ0v) is 8.90. The molecule has 7 heteroatoms. The lowest BCUT2D eigenvalue weighted by molar-refractivity contribution is -0.314. The Bertz CT molecular complexity index is 414. The minimum Gasteiger partial charge on any atom is -0.810 e. The molecule has 0 saturated carbocycles. The molecule has 0 bridgehead atoms. The maximum absolute atomic E-state index is 10.5. The average Bonchev–Trinajstić information content (AvgIpc) is 2.10. The summed E-state index contributed by atoms with van der Waals surface area (Å²) in [5.74, 6) is -0.275. The van der Waals surface area contributed by atoms with Gasteiger partial charge in [-0.2, -0.15) is 0 Å². The van der Waals surface area contributed by atoms with E-state index in [9.17, 15) is 19.5 Å². The molecule has 0 atom stereocenters. The van der Waals surface area contributed by atoms with Gasteiger partial charge in [0.1, 0.15) is 5.75 Å². The zero-order valence-electron chi connectivity index (χ0n) is 8.01. The van der Waals surface area contributed by atoms with Gasteiger partial charge in [-0.1, -0.05) is 7.60 Å². The fraction of sp³-hybridized carbons (Fsp3) is 0.375. The van der Waals surface area contributed by atoms with Gasteiger partial charge in [0.2, 0.25) is 0 Å². The van der Waals surface area contributed by atoms with Crippen molar-refractivity contribution < 1.29 is 24.6 Å². The quantitative estimate of drug-likeness (QED) is 0.644. The number of aliphatic hydroxyl groups excluding tert-OH is 1. The Morgan fingerprint density at radius 2 is 2.13 bits per heavy atom. The van der Waals surface area contributed by atoms with Crippen LogP contribution in [0.3, 0.4) is 0 Å². The summed E-state index contributed by atoms with van der Waals surface area (Å²) in [6.45, 7) is 0.969. The SMILES string of the molecule is Cc1ncc(CP(=O)([O-])[O-])c(CO)c1O. The van der Waals surface area contributed by atoms with Crippen LogP contribution in [0.5, 0.6) is 5.75 Å². The van der Waals surface area contributed by atoms with Crippen LogP contribution >= 0.6 is 7.60 Å². The lowest BCUT2D eigenvalue weighted by Crippen LogP contribution is -2.16. The highest BCUT2D eigenvalue weighted by molar-refractivity contribution is 7.47. The predicted molar refractivity (Wildman–Crippen MR) is 47.9 cm³/mol. The van der Waals surface area contributed by atoms with Crippen LogP contribution in [-0.4, -0.2) is 15.2 Å². The van der Waals surface area contributed by atoms with E-state index in [-0.39, 0.29) is 22.6 Å². The van der Waals surface area contributed by atoms with E-state index < -0.39 is 20.4 Å². The van der Waals surface area contributed by atoms with E-state index in [2.05, 4.69) is 4.98 Å². The predicted octanol–water partition coefficient (Wildman–Crippen LogP) is -0.998. The van der Waals surface area contributed by atoms with Crippen LogP contribution in [0.15, 0.2) is 6.20 Å². The number of aliphatic hydroxyl groups is 1. The summed E-state index contributed by atoms with van der Waals surface area (Å²) in [6, 6.07) is 0. The molecule has 0 aliphatic carbocycles. The van der Waals surface area contributed by atoms with Crippen LogP contribution in [0.2, 0.25) is 0 Å². The van der Waals surface area contributed by atoms with Gasteiger partial charge in [-0.3, -0.25) is 4.98 Å². The van der Waals surface area contributed by atoms with Gasteiger partial charge in [0.25, 0.3) is 0 Å². The van der Waals surface area contributed by atoms with Gasteiger partial charge >= 0.3 is 0 Å².